The third kappa shape index (κ3) is 3.12. The van der Waals surface area contributed by atoms with Crippen LogP contribution in [0.3, 0.4) is 0 Å². The Labute approximate surface area is 117 Å². The lowest BCUT2D eigenvalue weighted by molar-refractivity contribution is 0.0954. The van der Waals surface area contributed by atoms with Crippen molar-refractivity contribution < 1.29 is 4.79 Å². The minimum absolute atomic E-state index is 0.209. The molecule has 2 aromatic heterocycles. The molecular weight excluding hydrogens is 256 g/mol. The van der Waals surface area contributed by atoms with E-state index in [0.29, 0.717) is 24.2 Å². The van der Waals surface area contributed by atoms with Gasteiger partial charge in [0.05, 0.1) is 11.3 Å². The Morgan fingerprint density at radius 2 is 2.25 bits per heavy atom. The van der Waals surface area contributed by atoms with Crippen molar-refractivity contribution in [1.82, 2.24) is 19.9 Å². The van der Waals surface area contributed by atoms with Crippen LogP contribution in [0.1, 0.15) is 21.9 Å². The number of nitrogens with zero attached hydrogens (tertiary/aromatic N) is 3. The zero-order valence-corrected chi connectivity index (χ0v) is 11.6. The highest BCUT2D eigenvalue weighted by Crippen LogP contribution is 2.14. The van der Waals surface area contributed by atoms with E-state index < -0.39 is 0 Å². The first-order valence-corrected chi connectivity index (χ1v) is 6.29. The van der Waals surface area contributed by atoms with Crippen molar-refractivity contribution in [2.75, 3.05) is 12.0 Å². The van der Waals surface area contributed by atoms with E-state index in [1.165, 1.54) is 6.20 Å². The Morgan fingerprint density at radius 3 is 2.90 bits per heavy atom. The second-order valence-electron chi connectivity index (χ2n) is 4.48. The number of nitrogen functional groups attached to an aromatic ring is 1. The highest BCUT2D eigenvalue weighted by atomic mass is 16.1. The van der Waals surface area contributed by atoms with Gasteiger partial charge in [0.2, 0.25) is 0 Å². The number of hydrogen-bond donors (Lipinski definition) is 3. The number of aromatic nitrogens is 3. The van der Waals surface area contributed by atoms with Crippen LogP contribution in [0.25, 0.3) is 0 Å². The number of carbonyl (C=O) groups is 1. The molecule has 0 saturated carbocycles. The summed E-state index contributed by atoms with van der Waals surface area (Å²) in [7, 11) is 1.92. The summed E-state index contributed by atoms with van der Waals surface area (Å²) < 4.78 is 1.92. The lowest BCUT2D eigenvalue weighted by Gasteiger charge is -2.10. The molecule has 0 aliphatic heterocycles. The molecule has 106 valence electrons. The first-order valence-electron chi connectivity index (χ1n) is 6.29. The van der Waals surface area contributed by atoms with Gasteiger partial charge in [-0.05, 0) is 13.0 Å². The number of hydrazine groups is 1. The second kappa shape index (κ2) is 6.16. The zero-order valence-electron chi connectivity index (χ0n) is 11.6. The lowest BCUT2D eigenvalue weighted by Crippen LogP contribution is -2.28. The molecule has 2 heterocycles. The van der Waals surface area contributed by atoms with Crippen molar-refractivity contribution in [3.8, 4) is 0 Å². The molecule has 4 N–H and O–H groups in total. The molecule has 0 unspecified atom stereocenters. The number of anilines is 1. The number of amides is 1. The largest absolute Gasteiger partial charge is 0.351 e. The van der Waals surface area contributed by atoms with Crippen molar-refractivity contribution >= 4 is 11.6 Å². The van der Waals surface area contributed by atoms with Crippen molar-refractivity contribution in [3.63, 3.8) is 0 Å². The molecule has 0 fully saturated rings. The predicted molar refractivity (Wildman–Crippen MR) is 76.0 cm³/mol. The van der Waals surface area contributed by atoms with Gasteiger partial charge in [0, 0.05) is 44.3 Å². The molecule has 0 spiro atoms. The highest BCUT2D eigenvalue weighted by molar-refractivity contribution is 5.99. The zero-order chi connectivity index (χ0) is 14.5. The molecule has 0 bridgehead atoms. The maximum Gasteiger partial charge on any atom is 0.255 e. The average molecular weight is 274 g/mol. The average Bonchev–Trinajstić information content (AvgIpc) is 2.84. The van der Waals surface area contributed by atoms with Crippen LogP contribution in [0.2, 0.25) is 0 Å². The van der Waals surface area contributed by atoms with Crippen molar-refractivity contribution in [2.45, 2.75) is 13.3 Å². The Balaban J connectivity index is 1.97. The van der Waals surface area contributed by atoms with Gasteiger partial charge in [-0.2, -0.15) is 0 Å². The van der Waals surface area contributed by atoms with Gasteiger partial charge >= 0.3 is 0 Å². The van der Waals surface area contributed by atoms with E-state index in [-0.39, 0.29) is 5.91 Å². The molecular formula is C13H18N6O. The molecule has 2 rings (SSSR count). The number of hydrogen-bond acceptors (Lipinski definition) is 5. The molecule has 0 aliphatic rings. The minimum Gasteiger partial charge on any atom is -0.351 e. The van der Waals surface area contributed by atoms with Gasteiger partial charge in [-0.1, -0.05) is 0 Å². The number of aryl methyl sites for hydroxylation is 2. The van der Waals surface area contributed by atoms with Crippen LogP contribution in [-0.4, -0.2) is 27.0 Å². The van der Waals surface area contributed by atoms with Crippen LogP contribution < -0.4 is 16.6 Å². The van der Waals surface area contributed by atoms with Gasteiger partial charge in [-0.3, -0.25) is 15.6 Å². The molecule has 0 aliphatic carbocycles. The SMILES string of the molecule is Cc1cc(NN)c(C(=O)NCCc2nccn2C)cn1. The maximum absolute atomic E-state index is 12.1. The number of pyridine rings is 1. The van der Waals surface area contributed by atoms with Gasteiger partial charge in [0.25, 0.3) is 5.91 Å². The molecule has 7 heteroatoms. The van der Waals surface area contributed by atoms with Crippen LogP contribution in [-0.2, 0) is 13.5 Å². The Kier molecular flexibility index (Phi) is 4.31. The first-order chi connectivity index (χ1) is 9.61. The smallest absolute Gasteiger partial charge is 0.255 e. The van der Waals surface area contributed by atoms with Crippen LogP contribution in [0, 0.1) is 6.92 Å². The summed E-state index contributed by atoms with van der Waals surface area (Å²) in [5, 5.41) is 2.83. The summed E-state index contributed by atoms with van der Waals surface area (Å²) in [5.74, 6) is 6.12. The molecule has 7 nitrogen and oxygen atoms in total. The van der Waals surface area contributed by atoms with Crippen molar-refractivity contribution in [2.24, 2.45) is 12.9 Å². The van der Waals surface area contributed by atoms with E-state index in [0.717, 1.165) is 11.5 Å². The van der Waals surface area contributed by atoms with E-state index in [4.69, 9.17) is 5.84 Å². The fourth-order valence-electron chi connectivity index (χ4n) is 1.88. The quantitative estimate of drug-likeness (QED) is 0.541. The van der Waals surface area contributed by atoms with Gasteiger partial charge in [-0.25, -0.2) is 4.98 Å². The molecule has 0 atom stereocenters. The number of nitrogens with two attached hydrogens (primary N) is 1. The van der Waals surface area contributed by atoms with E-state index in [9.17, 15) is 4.79 Å². The fourth-order valence-corrected chi connectivity index (χ4v) is 1.88. The van der Waals surface area contributed by atoms with Crippen LogP contribution in [0.15, 0.2) is 24.7 Å². The number of imidazole rings is 1. The number of nitrogens with one attached hydrogen (secondary N) is 2. The molecule has 2 aromatic rings. The van der Waals surface area contributed by atoms with Crippen LogP contribution >= 0.6 is 0 Å². The fraction of sp³-hybridized carbons (Fsp3) is 0.308. The third-order valence-electron chi connectivity index (χ3n) is 3.00. The van der Waals surface area contributed by atoms with Crippen LogP contribution in [0.4, 0.5) is 5.69 Å². The standard InChI is InChI=1S/C13H18N6O/c1-9-7-11(18-14)10(8-17-9)13(20)16-4-3-12-15-5-6-19(12)2/h5-8H,3-4,14H2,1-2H3,(H,16,20)(H,17,18). The van der Waals surface area contributed by atoms with Crippen molar-refractivity contribution in [3.05, 3.63) is 41.7 Å². The highest BCUT2D eigenvalue weighted by Gasteiger charge is 2.11. The minimum atomic E-state index is -0.209. The van der Waals surface area contributed by atoms with E-state index in [2.05, 4.69) is 20.7 Å². The monoisotopic (exact) mass is 274 g/mol. The lowest BCUT2D eigenvalue weighted by atomic mass is 10.2. The summed E-state index contributed by atoms with van der Waals surface area (Å²) >= 11 is 0. The van der Waals surface area contributed by atoms with E-state index in [1.807, 2.05) is 24.7 Å². The molecule has 1 amide bonds. The summed E-state index contributed by atoms with van der Waals surface area (Å²) in [6.07, 6.45) is 5.79. The van der Waals surface area contributed by atoms with Gasteiger partial charge < -0.3 is 15.3 Å². The maximum atomic E-state index is 12.1. The number of carbonyl (C=O) groups excluding carboxylic acids is 1. The molecule has 0 radical (unpaired) electrons. The molecule has 0 aromatic carbocycles. The van der Waals surface area contributed by atoms with Gasteiger partial charge in [0.1, 0.15) is 5.82 Å². The van der Waals surface area contributed by atoms with E-state index in [1.54, 1.807) is 12.3 Å². The normalized spacial score (nSPS) is 10.3. The number of rotatable bonds is 5. The summed E-state index contributed by atoms with van der Waals surface area (Å²) in [6.45, 7) is 2.34. The summed E-state index contributed by atoms with van der Waals surface area (Å²) in [5.41, 5.74) is 4.30. The first kappa shape index (κ1) is 14.0. The predicted octanol–water partition coefficient (Wildman–Crippen LogP) is 0.382. The van der Waals surface area contributed by atoms with Gasteiger partial charge in [0.15, 0.2) is 0 Å². The molecule has 20 heavy (non-hydrogen) atoms. The Morgan fingerprint density at radius 1 is 1.45 bits per heavy atom. The van der Waals surface area contributed by atoms with Crippen molar-refractivity contribution in [1.29, 1.82) is 0 Å². The second-order valence-corrected chi connectivity index (χ2v) is 4.48. The topological polar surface area (TPSA) is 97.9 Å². The van der Waals surface area contributed by atoms with Gasteiger partial charge in [-0.15, -0.1) is 0 Å². The molecule has 0 saturated heterocycles. The van der Waals surface area contributed by atoms with Crippen LogP contribution in [0.5, 0.6) is 0 Å². The Hall–Kier alpha value is -2.41. The third-order valence-corrected chi connectivity index (χ3v) is 3.00. The Bertz CT molecular complexity index is 607. The summed E-state index contributed by atoms with van der Waals surface area (Å²) in [6, 6.07) is 1.73. The van der Waals surface area contributed by atoms with E-state index >= 15 is 0 Å². The summed E-state index contributed by atoms with van der Waals surface area (Å²) in [4.78, 5) is 20.4.